The SMILES string of the molecule is Cc1ccc2cc(CNS(=O)(=O)c3ccc(OC(C)C)cc3)c(=O)[nH]c2c1. The summed E-state index contributed by atoms with van der Waals surface area (Å²) >= 11 is 0. The van der Waals surface area contributed by atoms with E-state index in [2.05, 4.69) is 9.71 Å². The first kappa shape index (κ1) is 19.1. The molecule has 0 aliphatic heterocycles. The molecule has 7 heteroatoms. The number of hydrogen-bond donors (Lipinski definition) is 2. The number of sulfonamides is 1. The fourth-order valence-corrected chi connectivity index (χ4v) is 3.72. The Balaban J connectivity index is 1.79. The second-order valence-corrected chi connectivity index (χ2v) is 8.44. The maximum atomic E-state index is 12.5. The van der Waals surface area contributed by atoms with Crippen LogP contribution in [0.4, 0.5) is 0 Å². The fourth-order valence-electron chi connectivity index (χ4n) is 2.72. The minimum Gasteiger partial charge on any atom is -0.491 e. The van der Waals surface area contributed by atoms with Crippen LogP contribution in [-0.4, -0.2) is 19.5 Å². The van der Waals surface area contributed by atoms with Gasteiger partial charge in [-0.05, 0) is 68.1 Å². The van der Waals surface area contributed by atoms with E-state index in [0.29, 0.717) is 11.3 Å². The van der Waals surface area contributed by atoms with Gasteiger partial charge in [0.05, 0.1) is 11.0 Å². The number of hydrogen-bond acceptors (Lipinski definition) is 4. The van der Waals surface area contributed by atoms with Crippen molar-refractivity contribution in [3.05, 3.63) is 70.0 Å². The Hall–Kier alpha value is -2.64. The quantitative estimate of drug-likeness (QED) is 0.681. The molecular formula is C20H22N2O4S. The molecule has 27 heavy (non-hydrogen) atoms. The molecular weight excluding hydrogens is 364 g/mol. The van der Waals surface area contributed by atoms with Crippen LogP contribution in [0, 0.1) is 6.92 Å². The smallest absolute Gasteiger partial charge is 0.252 e. The van der Waals surface area contributed by atoms with Crippen molar-refractivity contribution in [1.29, 1.82) is 0 Å². The molecule has 0 radical (unpaired) electrons. The van der Waals surface area contributed by atoms with Gasteiger partial charge in [-0.25, -0.2) is 13.1 Å². The van der Waals surface area contributed by atoms with E-state index < -0.39 is 10.0 Å². The van der Waals surface area contributed by atoms with E-state index in [4.69, 9.17) is 4.74 Å². The number of aromatic amines is 1. The standard InChI is InChI=1S/C20H22N2O4S/c1-13(2)26-17-6-8-18(9-7-17)27(24,25)21-12-16-11-15-5-4-14(3)10-19(15)22-20(16)23/h4-11,13,21H,12H2,1-3H3,(H,22,23). The molecule has 3 rings (SSSR count). The lowest BCUT2D eigenvalue weighted by Crippen LogP contribution is -2.27. The molecule has 0 saturated heterocycles. The summed E-state index contributed by atoms with van der Waals surface area (Å²) in [5, 5.41) is 0.851. The Morgan fingerprint density at radius 1 is 1.07 bits per heavy atom. The van der Waals surface area contributed by atoms with Gasteiger partial charge in [-0.1, -0.05) is 12.1 Å². The zero-order valence-corrected chi connectivity index (χ0v) is 16.3. The van der Waals surface area contributed by atoms with Crippen molar-refractivity contribution in [2.75, 3.05) is 0 Å². The fraction of sp³-hybridized carbons (Fsp3) is 0.250. The van der Waals surface area contributed by atoms with Crippen molar-refractivity contribution in [3.8, 4) is 5.75 Å². The van der Waals surface area contributed by atoms with Gasteiger partial charge < -0.3 is 9.72 Å². The van der Waals surface area contributed by atoms with Crippen LogP contribution in [0.25, 0.3) is 10.9 Å². The van der Waals surface area contributed by atoms with E-state index in [9.17, 15) is 13.2 Å². The molecule has 2 aromatic carbocycles. The number of ether oxygens (including phenoxy) is 1. The highest BCUT2D eigenvalue weighted by atomic mass is 32.2. The summed E-state index contributed by atoms with van der Waals surface area (Å²) in [6, 6.07) is 13.6. The van der Waals surface area contributed by atoms with Crippen LogP contribution in [0.1, 0.15) is 25.0 Å². The summed E-state index contributed by atoms with van der Waals surface area (Å²) in [6.45, 7) is 5.65. The van der Waals surface area contributed by atoms with Gasteiger partial charge in [-0.15, -0.1) is 0 Å². The van der Waals surface area contributed by atoms with Gasteiger partial charge in [0.25, 0.3) is 5.56 Å². The van der Waals surface area contributed by atoms with Crippen molar-refractivity contribution in [3.63, 3.8) is 0 Å². The molecule has 0 amide bonds. The predicted octanol–water partition coefficient (Wildman–Crippen LogP) is 3.10. The molecule has 142 valence electrons. The van der Waals surface area contributed by atoms with Gasteiger partial charge in [0.2, 0.25) is 10.0 Å². The topological polar surface area (TPSA) is 88.3 Å². The Bertz CT molecular complexity index is 1120. The lowest BCUT2D eigenvalue weighted by atomic mass is 10.1. The molecule has 2 N–H and O–H groups in total. The van der Waals surface area contributed by atoms with Crippen molar-refractivity contribution in [2.24, 2.45) is 0 Å². The zero-order chi connectivity index (χ0) is 19.6. The number of aromatic nitrogens is 1. The third kappa shape index (κ3) is 4.56. The highest BCUT2D eigenvalue weighted by Crippen LogP contribution is 2.18. The monoisotopic (exact) mass is 386 g/mol. The maximum absolute atomic E-state index is 12.5. The van der Waals surface area contributed by atoms with Crippen LogP contribution in [0.2, 0.25) is 0 Å². The van der Waals surface area contributed by atoms with Crippen molar-refractivity contribution in [2.45, 2.75) is 38.3 Å². The number of H-pyrrole nitrogens is 1. The molecule has 0 unspecified atom stereocenters. The molecule has 0 saturated carbocycles. The summed E-state index contributed by atoms with van der Waals surface area (Å²) in [6.07, 6.45) is 0.00833. The van der Waals surface area contributed by atoms with Crippen LogP contribution < -0.4 is 15.0 Å². The summed E-state index contributed by atoms with van der Waals surface area (Å²) < 4.78 is 33.0. The minimum absolute atomic E-state index is 0.00833. The average molecular weight is 386 g/mol. The van der Waals surface area contributed by atoms with E-state index in [0.717, 1.165) is 16.5 Å². The number of fused-ring (bicyclic) bond motifs is 1. The van der Waals surface area contributed by atoms with Gasteiger partial charge in [0.15, 0.2) is 0 Å². The molecule has 0 aliphatic rings. The van der Waals surface area contributed by atoms with Crippen molar-refractivity contribution < 1.29 is 13.2 Å². The Kier molecular flexibility index (Phi) is 5.34. The third-order valence-electron chi connectivity index (χ3n) is 4.04. The van der Waals surface area contributed by atoms with Crippen LogP contribution in [0.3, 0.4) is 0 Å². The van der Waals surface area contributed by atoms with Gasteiger partial charge in [0.1, 0.15) is 5.75 Å². The third-order valence-corrected chi connectivity index (χ3v) is 5.45. The lowest BCUT2D eigenvalue weighted by Gasteiger charge is -2.11. The van der Waals surface area contributed by atoms with Crippen LogP contribution >= 0.6 is 0 Å². The summed E-state index contributed by atoms with van der Waals surface area (Å²) in [7, 11) is -3.74. The Morgan fingerprint density at radius 2 is 1.78 bits per heavy atom. The molecule has 1 heterocycles. The van der Waals surface area contributed by atoms with Crippen LogP contribution in [0.15, 0.2) is 58.2 Å². The number of rotatable bonds is 6. The molecule has 3 aromatic rings. The highest BCUT2D eigenvalue weighted by molar-refractivity contribution is 7.89. The first-order valence-electron chi connectivity index (χ1n) is 8.63. The van der Waals surface area contributed by atoms with Gasteiger partial charge >= 0.3 is 0 Å². The first-order valence-corrected chi connectivity index (χ1v) is 10.1. The van der Waals surface area contributed by atoms with Crippen LogP contribution in [-0.2, 0) is 16.6 Å². The number of aryl methyl sites for hydroxylation is 1. The largest absolute Gasteiger partial charge is 0.491 e. The van der Waals surface area contributed by atoms with E-state index in [1.165, 1.54) is 12.1 Å². The van der Waals surface area contributed by atoms with E-state index in [1.807, 2.05) is 39.0 Å². The Labute approximate surface area is 158 Å². The number of nitrogens with one attached hydrogen (secondary N) is 2. The van der Waals surface area contributed by atoms with Crippen molar-refractivity contribution >= 4 is 20.9 Å². The first-order chi connectivity index (χ1) is 12.7. The highest BCUT2D eigenvalue weighted by Gasteiger charge is 2.15. The normalized spacial score (nSPS) is 11.9. The second-order valence-electron chi connectivity index (χ2n) is 6.68. The molecule has 0 spiro atoms. The van der Waals surface area contributed by atoms with Crippen molar-refractivity contribution in [1.82, 2.24) is 9.71 Å². The summed E-state index contributed by atoms with van der Waals surface area (Å²) in [5.74, 6) is 0.602. The average Bonchev–Trinajstić information content (AvgIpc) is 2.60. The van der Waals surface area contributed by atoms with E-state index in [-0.39, 0.29) is 23.1 Å². The van der Waals surface area contributed by atoms with E-state index in [1.54, 1.807) is 18.2 Å². The maximum Gasteiger partial charge on any atom is 0.252 e. The molecule has 0 fully saturated rings. The summed E-state index contributed by atoms with van der Waals surface area (Å²) in [4.78, 5) is 15.1. The molecule has 6 nitrogen and oxygen atoms in total. The molecule has 0 aliphatic carbocycles. The van der Waals surface area contributed by atoms with Gasteiger partial charge in [-0.3, -0.25) is 4.79 Å². The lowest BCUT2D eigenvalue weighted by molar-refractivity contribution is 0.242. The minimum atomic E-state index is -3.74. The molecule has 0 atom stereocenters. The van der Waals surface area contributed by atoms with E-state index >= 15 is 0 Å². The van der Waals surface area contributed by atoms with Crippen LogP contribution in [0.5, 0.6) is 5.75 Å². The second kappa shape index (κ2) is 7.54. The predicted molar refractivity (Wildman–Crippen MR) is 106 cm³/mol. The van der Waals surface area contributed by atoms with Gasteiger partial charge in [0, 0.05) is 17.6 Å². The number of benzene rings is 2. The molecule has 1 aromatic heterocycles. The Morgan fingerprint density at radius 3 is 2.44 bits per heavy atom. The number of pyridine rings is 1. The summed E-state index contributed by atoms with van der Waals surface area (Å²) in [5.41, 5.74) is 1.81. The zero-order valence-electron chi connectivity index (χ0n) is 15.4. The molecule has 0 bridgehead atoms. The van der Waals surface area contributed by atoms with Gasteiger partial charge in [-0.2, -0.15) is 0 Å².